The van der Waals surface area contributed by atoms with E-state index in [-0.39, 0.29) is 0 Å². The fraction of sp³-hybridized carbons (Fsp3) is 0.415. The van der Waals surface area contributed by atoms with Crippen LogP contribution in [0.1, 0.15) is 58.4 Å². The molecular formula is C41H57N4S2+. The van der Waals surface area contributed by atoms with E-state index in [1.807, 2.05) is 46.0 Å². The number of nitrogens with zero attached hydrogens (tertiary/aromatic N) is 4. The third-order valence-corrected chi connectivity index (χ3v) is 10.2. The first kappa shape index (κ1) is 39.8. The molecule has 0 fully saturated rings. The van der Waals surface area contributed by atoms with E-state index in [1.54, 1.807) is 0 Å². The summed E-state index contributed by atoms with van der Waals surface area (Å²) in [6, 6.07) is 8.70. The Bertz CT molecular complexity index is 1350. The zero-order chi connectivity index (χ0) is 34.1. The number of hydrogen-bond donors (Lipinski definition) is 0. The van der Waals surface area contributed by atoms with Gasteiger partial charge in [-0.1, -0.05) is 97.2 Å². The zero-order valence-electron chi connectivity index (χ0n) is 29.5. The van der Waals surface area contributed by atoms with Crippen molar-refractivity contribution in [3.63, 3.8) is 0 Å². The van der Waals surface area contributed by atoms with Crippen molar-refractivity contribution >= 4 is 45.8 Å². The molecule has 0 saturated heterocycles. The molecule has 2 rings (SSSR count). The molecule has 252 valence electrons. The molecule has 0 saturated carbocycles. The molecule has 1 aromatic carbocycles. The highest BCUT2D eigenvalue weighted by Crippen LogP contribution is 2.21. The number of rotatable bonds is 22. The third-order valence-electron chi connectivity index (χ3n) is 7.86. The second kappa shape index (κ2) is 24.7. The van der Waals surface area contributed by atoms with Crippen LogP contribution in [-0.2, 0) is 0 Å². The van der Waals surface area contributed by atoms with Gasteiger partial charge in [0.1, 0.15) is 6.21 Å². The SMILES string of the molecule is C#CC(=C\C=C(/C)N(C)CCCC)/C=C/C1C=C[N+](CCSSCC/N=C/C=C(C=C)/C=C/c2ccc(N(C)CCCC)cc2)=CC1. The Hall–Kier alpha value is -3.40. The number of hydrogen-bond acceptors (Lipinski definition) is 5. The molecule has 1 aliphatic rings. The summed E-state index contributed by atoms with van der Waals surface area (Å²) < 4.78 is 2.29. The standard InChI is InChI=1S/C41H57N4S2/c1-8-12-29-43(6)36(5)14-15-37(10-3)16-19-40-25-31-45(32-26-40)33-35-47-46-34-28-42-27-24-38(11-4)17-18-39-20-22-41(23-21-39)44(7)30-13-9-2/h3,11,14-25,27,31-32,40H,4,8-9,12-13,26,28-30,33-35H2,1-2,5-7H3/q+1/b18-17+,19-16+,36-14+,37-15+,38-24+,42-27+. The number of aliphatic imine (C=N–C) groups is 1. The molecule has 1 aliphatic heterocycles. The smallest absolute Gasteiger partial charge is 0.165 e. The van der Waals surface area contributed by atoms with Gasteiger partial charge in [0.2, 0.25) is 0 Å². The summed E-state index contributed by atoms with van der Waals surface area (Å²) in [5, 5.41) is 0. The second-order valence-electron chi connectivity index (χ2n) is 11.6. The third kappa shape index (κ3) is 17.4. The first-order valence-electron chi connectivity index (χ1n) is 17.0. The van der Waals surface area contributed by atoms with Gasteiger partial charge in [-0.05, 0) is 73.4 Å². The molecule has 0 amide bonds. The Balaban J connectivity index is 1.65. The molecule has 1 atom stereocenters. The molecule has 0 N–H and O–H groups in total. The predicted octanol–water partition coefficient (Wildman–Crippen LogP) is 9.87. The van der Waals surface area contributed by atoms with Crippen LogP contribution in [0.15, 0.2) is 107 Å². The van der Waals surface area contributed by atoms with Gasteiger partial charge in [-0.3, -0.25) is 4.99 Å². The molecule has 47 heavy (non-hydrogen) atoms. The van der Waals surface area contributed by atoms with Crippen LogP contribution >= 0.6 is 21.6 Å². The van der Waals surface area contributed by atoms with Crippen LogP contribution in [-0.4, -0.2) is 73.7 Å². The minimum atomic E-state index is 0.375. The van der Waals surface area contributed by atoms with E-state index in [9.17, 15) is 0 Å². The van der Waals surface area contributed by atoms with Crippen molar-refractivity contribution < 1.29 is 4.58 Å². The van der Waals surface area contributed by atoms with Crippen LogP contribution in [0, 0.1) is 18.3 Å². The van der Waals surface area contributed by atoms with Crippen LogP contribution < -0.4 is 4.90 Å². The number of terminal acetylenes is 1. The molecule has 1 aromatic rings. The van der Waals surface area contributed by atoms with Crippen LogP contribution in [0.2, 0.25) is 0 Å². The summed E-state index contributed by atoms with van der Waals surface area (Å²) in [6.45, 7) is 14.5. The Kier molecular flexibility index (Phi) is 20.9. The van der Waals surface area contributed by atoms with Gasteiger partial charge in [0.25, 0.3) is 0 Å². The van der Waals surface area contributed by atoms with Crippen molar-refractivity contribution in [1.82, 2.24) is 4.90 Å². The van der Waals surface area contributed by atoms with Gasteiger partial charge in [-0.25, -0.2) is 4.58 Å². The van der Waals surface area contributed by atoms with Crippen LogP contribution in [0.5, 0.6) is 0 Å². The lowest BCUT2D eigenvalue weighted by molar-refractivity contribution is -0.449. The van der Waals surface area contributed by atoms with E-state index in [4.69, 9.17) is 6.42 Å². The topological polar surface area (TPSA) is 21.9 Å². The first-order valence-corrected chi connectivity index (χ1v) is 19.5. The minimum absolute atomic E-state index is 0.375. The molecule has 1 heterocycles. The van der Waals surface area contributed by atoms with Crippen molar-refractivity contribution in [2.75, 3.05) is 56.7 Å². The lowest BCUT2D eigenvalue weighted by atomic mass is 10.0. The summed E-state index contributed by atoms with van der Waals surface area (Å²) >= 11 is 0. The number of benzene rings is 1. The molecule has 0 radical (unpaired) electrons. The van der Waals surface area contributed by atoms with Gasteiger partial charge in [-0.2, -0.15) is 0 Å². The van der Waals surface area contributed by atoms with Crippen molar-refractivity contribution in [3.8, 4) is 12.3 Å². The molecule has 0 spiro atoms. The Morgan fingerprint density at radius 2 is 1.79 bits per heavy atom. The summed E-state index contributed by atoms with van der Waals surface area (Å²) in [6.07, 6.45) is 36.8. The van der Waals surface area contributed by atoms with Gasteiger partial charge in [0.15, 0.2) is 12.7 Å². The van der Waals surface area contributed by atoms with E-state index in [0.717, 1.165) is 55.3 Å². The van der Waals surface area contributed by atoms with Gasteiger partial charge in [0, 0.05) is 75.0 Å². The van der Waals surface area contributed by atoms with Gasteiger partial charge < -0.3 is 9.80 Å². The monoisotopic (exact) mass is 669 g/mol. The molecule has 6 heteroatoms. The van der Waals surface area contributed by atoms with Gasteiger partial charge in [-0.15, -0.1) is 6.42 Å². The molecule has 0 aromatic heterocycles. The maximum atomic E-state index is 5.76. The number of unbranched alkanes of at least 4 members (excludes halogenated alkanes) is 2. The van der Waals surface area contributed by atoms with E-state index >= 15 is 0 Å². The highest BCUT2D eigenvalue weighted by Gasteiger charge is 2.11. The Morgan fingerprint density at radius 3 is 2.47 bits per heavy atom. The molecule has 1 unspecified atom stereocenters. The summed E-state index contributed by atoms with van der Waals surface area (Å²) in [5.74, 6) is 5.25. The summed E-state index contributed by atoms with van der Waals surface area (Å²) in [4.78, 5) is 9.15. The average Bonchev–Trinajstić information content (AvgIpc) is 3.10. The van der Waals surface area contributed by atoms with Crippen LogP contribution in [0.4, 0.5) is 5.69 Å². The van der Waals surface area contributed by atoms with E-state index in [2.05, 4.69) is 140 Å². The molecule has 0 bridgehead atoms. The normalized spacial score (nSPS) is 15.9. The van der Waals surface area contributed by atoms with E-state index < -0.39 is 0 Å². The Morgan fingerprint density at radius 1 is 1.04 bits per heavy atom. The lowest BCUT2D eigenvalue weighted by Crippen LogP contribution is -2.17. The highest BCUT2D eigenvalue weighted by atomic mass is 33.1. The minimum Gasteiger partial charge on any atom is -0.378 e. The predicted molar refractivity (Wildman–Crippen MR) is 216 cm³/mol. The van der Waals surface area contributed by atoms with Crippen LogP contribution in [0.25, 0.3) is 6.08 Å². The second-order valence-corrected chi connectivity index (χ2v) is 14.3. The number of allylic oxidation sites excluding steroid dienone is 11. The number of anilines is 1. The van der Waals surface area contributed by atoms with Crippen molar-refractivity contribution in [2.45, 2.75) is 52.9 Å². The van der Waals surface area contributed by atoms with E-state index in [0.29, 0.717) is 5.92 Å². The highest BCUT2D eigenvalue weighted by molar-refractivity contribution is 8.76. The van der Waals surface area contributed by atoms with Crippen molar-refractivity contribution in [2.24, 2.45) is 10.9 Å². The lowest BCUT2D eigenvalue weighted by Gasteiger charge is -2.18. The molecular weight excluding hydrogens is 613 g/mol. The van der Waals surface area contributed by atoms with Crippen molar-refractivity contribution in [1.29, 1.82) is 0 Å². The van der Waals surface area contributed by atoms with Crippen LogP contribution in [0.3, 0.4) is 0 Å². The van der Waals surface area contributed by atoms with E-state index in [1.165, 1.54) is 42.6 Å². The fourth-order valence-electron chi connectivity index (χ4n) is 4.53. The largest absolute Gasteiger partial charge is 0.378 e. The Labute approximate surface area is 295 Å². The first-order chi connectivity index (χ1) is 22.9. The maximum Gasteiger partial charge on any atom is 0.165 e. The maximum absolute atomic E-state index is 5.76. The van der Waals surface area contributed by atoms with Gasteiger partial charge in [0.05, 0.1) is 5.75 Å². The molecule has 0 aliphatic carbocycles. The molecule has 4 nitrogen and oxygen atoms in total. The average molecular weight is 670 g/mol. The quantitative estimate of drug-likeness (QED) is 0.0306. The summed E-state index contributed by atoms with van der Waals surface area (Å²) in [7, 11) is 8.08. The summed E-state index contributed by atoms with van der Waals surface area (Å²) in [5.41, 5.74) is 5.61. The fourth-order valence-corrected chi connectivity index (χ4v) is 6.38. The van der Waals surface area contributed by atoms with Gasteiger partial charge >= 0.3 is 0 Å². The zero-order valence-corrected chi connectivity index (χ0v) is 31.1. The van der Waals surface area contributed by atoms with Crippen molar-refractivity contribution in [3.05, 3.63) is 108 Å².